The SMILES string of the molecule is Cc1ccc(CN2C(=O)CCC2C(=O)N2CCCC(CCC(=O)O)C2)cc1. The minimum absolute atomic E-state index is 0.0213. The molecule has 2 aliphatic rings. The first kappa shape index (κ1) is 19.4. The van der Waals surface area contributed by atoms with Crippen molar-refractivity contribution in [2.24, 2.45) is 5.92 Å². The number of aryl methyl sites for hydroxylation is 1. The quantitative estimate of drug-likeness (QED) is 0.833. The molecule has 2 atom stereocenters. The number of benzene rings is 1. The summed E-state index contributed by atoms with van der Waals surface area (Å²) < 4.78 is 0. The van der Waals surface area contributed by atoms with Crippen LogP contribution in [0.15, 0.2) is 24.3 Å². The minimum Gasteiger partial charge on any atom is -0.481 e. The zero-order valence-electron chi connectivity index (χ0n) is 15.9. The summed E-state index contributed by atoms with van der Waals surface area (Å²) in [7, 11) is 0. The molecule has 0 bridgehead atoms. The number of amides is 2. The van der Waals surface area contributed by atoms with E-state index in [1.807, 2.05) is 36.1 Å². The maximum Gasteiger partial charge on any atom is 0.303 e. The third-order valence-electron chi connectivity index (χ3n) is 5.68. The summed E-state index contributed by atoms with van der Waals surface area (Å²) in [5.41, 5.74) is 2.20. The molecule has 0 spiro atoms. The van der Waals surface area contributed by atoms with Crippen LogP contribution in [-0.4, -0.2) is 51.8 Å². The first-order chi connectivity index (χ1) is 12.9. The first-order valence-corrected chi connectivity index (χ1v) is 9.79. The molecule has 0 aliphatic carbocycles. The van der Waals surface area contributed by atoms with Crippen molar-refractivity contribution in [3.05, 3.63) is 35.4 Å². The Morgan fingerprint density at radius 3 is 2.63 bits per heavy atom. The van der Waals surface area contributed by atoms with Crippen LogP contribution >= 0.6 is 0 Å². The van der Waals surface area contributed by atoms with Crippen molar-refractivity contribution in [2.45, 2.75) is 58.0 Å². The summed E-state index contributed by atoms with van der Waals surface area (Å²) >= 11 is 0. The van der Waals surface area contributed by atoms with Gasteiger partial charge in [-0.1, -0.05) is 29.8 Å². The molecule has 1 aromatic rings. The third-order valence-corrected chi connectivity index (χ3v) is 5.68. The second-order valence-corrected chi connectivity index (χ2v) is 7.79. The molecule has 2 heterocycles. The Morgan fingerprint density at radius 1 is 1.19 bits per heavy atom. The van der Waals surface area contributed by atoms with E-state index < -0.39 is 12.0 Å². The van der Waals surface area contributed by atoms with Gasteiger partial charge in [-0.15, -0.1) is 0 Å². The molecule has 2 unspecified atom stereocenters. The lowest BCUT2D eigenvalue weighted by atomic mass is 9.93. The number of nitrogens with zero attached hydrogens (tertiary/aromatic N) is 2. The van der Waals surface area contributed by atoms with Crippen LogP contribution in [0.2, 0.25) is 0 Å². The molecular weight excluding hydrogens is 344 g/mol. The van der Waals surface area contributed by atoms with Crippen LogP contribution in [-0.2, 0) is 20.9 Å². The van der Waals surface area contributed by atoms with Gasteiger partial charge in [-0.25, -0.2) is 0 Å². The fourth-order valence-electron chi connectivity index (χ4n) is 4.12. The van der Waals surface area contributed by atoms with Gasteiger partial charge in [-0.2, -0.15) is 0 Å². The molecule has 2 amide bonds. The number of aliphatic carboxylic acids is 1. The Hall–Kier alpha value is -2.37. The van der Waals surface area contributed by atoms with Crippen LogP contribution in [0.5, 0.6) is 0 Å². The van der Waals surface area contributed by atoms with E-state index in [2.05, 4.69) is 0 Å². The van der Waals surface area contributed by atoms with Crippen molar-refractivity contribution < 1.29 is 19.5 Å². The predicted molar refractivity (Wildman–Crippen MR) is 101 cm³/mol. The fraction of sp³-hybridized carbons (Fsp3) is 0.571. The van der Waals surface area contributed by atoms with Gasteiger partial charge in [0, 0.05) is 32.5 Å². The molecule has 6 nitrogen and oxygen atoms in total. The number of carbonyl (C=O) groups excluding carboxylic acids is 2. The highest BCUT2D eigenvalue weighted by atomic mass is 16.4. The number of carboxylic acid groups (broad SMARTS) is 1. The molecular formula is C21H28N2O4. The van der Waals surface area contributed by atoms with Crippen molar-refractivity contribution in [1.29, 1.82) is 0 Å². The number of carboxylic acids is 1. The van der Waals surface area contributed by atoms with Gasteiger partial charge in [0.1, 0.15) is 6.04 Å². The lowest BCUT2D eigenvalue weighted by molar-refractivity contribution is -0.143. The van der Waals surface area contributed by atoms with Crippen molar-refractivity contribution in [3.63, 3.8) is 0 Å². The molecule has 2 aliphatic heterocycles. The number of hydrogen-bond donors (Lipinski definition) is 1. The number of carbonyl (C=O) groups is 3. The lowest BCUT2D eigenvalue weighted by Crippen LogP contribution is -2.49. The minimum atomic E-state index is -0.788. The largest absolute Gasteiger partial charge is 0.481 e. The molecule has 0 aromatic heterocycles. The molecule has 0 saturated carbocycles. The maximum absolute atomic E-state index is 13.1. The second kappa shape index (κ2) is 8.55. The summed E-state index contributed by atoms with van der Waals surface area (Å²) in [6, 6.07) is 7.66. The summed E-state index contributed by atoms with van der Waals surface area (Å²) in [5.74, 6) is -0.494. The van der Waals surface area contributed by atoms with Crippen LogP contribution in [0.1, 0.15) is 49.7 Å². The van der Waals surface area contributed by atoms with Gasteiger partial charge in [-0.05, 0) is 44.1 Å². The van der Waals surface area contributed by atoms with Gasteiger partial charge in [0.25, 0.3) is 0 Å². The average Bonchev–Trinajstić information content (AvgIpc) is 3.02. The van der Waals surface area contributed by atoms with Gasteiger partial charge >= 0.3 is 5.97 Å². The topological polar surface area (TPSA) is 77.9 Å². The first-order valence-electron chi connectivity index (χ1n) is 9.79. The summed E-state index contributed by atoms with van der Waals surface area (Å²) in [5, 5.41) is 8.89. The van der Waals surface area contributed by atoms with Gasteiger partial charge in [0.2, 0.25) is 11.8 Å². The van der Waals surface area contributed by atoms with Gasteiger partial charge in [-0.3, -0.25) is 14.4 Å². The molecule has 1 N–H and O–H groups in total. The van der Waals surface area contributed by atoms with Gasteiger partial charge in [0.05, 0.1) is 0 Å². The zero-order valence-corrected chi connectivity index (χ0v) is 15.9. The van der Waals surface area contributed by atoms with E-state index in [1.165, 1.54) is 5.56 Å². The number of rotatable bonds is 6. The van der Waals surface area contributed by atoms with Crippen LogP contribution in [0.25, 0.3) is 0 Å². The van der Waals surface area contributed by atoms with Gasteiger partial charge in [0.15, 0.2) is 0 Å². The molecule has 146 valence electrons. The van der Waals surface area contributed by atoms with Crippen LogP contribution < -0.4 is 0 Å². The molecule has 2 saturated heterocycles. The van der Waals surface area contributed by atoms with E-state index in [0.717, 1.165) is 18.4 Å². The molecule has 27 heavy (non-hydrogen) atoms. The Morgan fingerprint density at radius 2 is 1.93 bits per heavy atom. The van der Waals surface area contributed by atoms with Crippen molar-refractivity contribution in [1.82, 2.24) is 9.80 Å². The Bertz CT molecular complexity index is 701. The normalized spacial score (nSPS) is 22.9. The zero-order chi connectivity index (χ0) is 19.4. The summed E-state index contributed by atoms with van der Waals surface area (Å²) in [4.78, 5) is 39.9. The predicted octanol–water partition coefficient (Wildman–Crippen LogP) is 2.59. The number of likely N-dealkylation sites (tertiary alicyclic amines) is 2. The Kier molecular flexibility index (Phi) is 6.14. The van der Waals surface area contributed by atoms with Crippen molar-refractivity contribution in [3.8, 4) is 0 Å². The molecule has 6 heteroatoms. The van der Waals surface area contributed by atoms with Gasteiger partial charge < -0.3 is 14.9 Å². The van der Waals surface area contributed by atoms with E-state index in [0.29, 0.717) is 38.9 Å². The van der Waals surface area contributed by atoms with E-state index in [4.69, 9.17) is 5.11 Å². The van der Waals surface area contributed by atoms with Crippen molar-refractivity contribution >= 4 is 17.8 Å². The third kappa shape index (κ3) is 4.87. The number of piperidine rings is 1. The molecule has 3 rings (SSSR count). The Labute approximate surface area is 160 Å². The second-order valence-electron chi connectivity index (χ2n) is 7.79. The fourth-order valence-corrected chi connectivity index (χ4v) is 4.12. The van der Waals surface area contributed by atoms with E-state index in [9.17, 15) is 14.4 Å². The monoisotopic (exact) mass is 372 g/mol. The Balaban J connectivity index is 1.64. The standard InChI is InChI=1S/C21H28N2O4/c1-15-4-6-17(7-5-15)14-23-18(9-10-19(23)24)21(27)22-12-2-3-16(13-22)8-11-20(25)26/h4-7,16,18H,2-3,8-14H2,1H3,(H,25,26). The average molecular weight is 372 g/mol. The lowest BCUT2D eigenvalue weighted by Gasteiger charge is -2.36. The van der Waals surface area contributed by atoms with Crippen LogP contribution in [0.3, 0.4) is 0 Å². The highest BCUT2D eigenvalue weighted by Gasteiger charge is 2.39. The van der Waals surface area contributed by atoms with E-state index >= 15 is 0 Å². The van der Waals surface area contributed by atoms with Crippen LogP contribution in [0.4, 0.5) is 0 Å². The smallest absolute Gasteiger partial charge is 0.303 e. The summed E-state index contributed by atoms with van der Waals surface area (Å²) in [6.45, 7) is 3.79. The molecule has 2 fully saturated rings. The highest BCUT2D eigenvalue weighted by molar-refractivity contribution is 5.91. The van der Waals surface area contributed by atoms with E-state index in [-0.39, 0.29) is 24.2 Å². The van der Waals surface area contributed by atoms with Crippen molar-refractivity contribution in [2.75, 3.05) is 13.1 Å². The molecule has 1 aromatic carbocycles. The maximum atomic E-state index is 13.1. The highest BCUT2D eigenvalue weighted by Crippen LogP contribution is 2.27. The summed E-state index contributed by atoms with van der Waals surface area (Å²) in [6.07, 6.45) is 3.60. The van der Waals surface area contributed by atoms with E-state index in [1.54, 1.807) is 4.90 Å². The molecule has 0 radical (unpaired) electrons. The van der Waals surface area contributed by atoms with Crippen LogP contribution in [0, 0.1) is 12.8 Å². The number of hydrogen-bond acceptors (Lipinski definition) is 3.